The molecule has 30 heavy (non-hydrogen) atoms. The number of nitrogens with zero attached hydrogens (tertiary/aromatic N) is 2. The van der Waals surface area contributed by atoms with E-state index in [0.717, 1.165) is 10.1 Å². The molecule has 2 saturated heterocycles. The lowest BCUT2D eigenvalue weighted by atomic mass is 10.0. The van der Waals surface area contributed by atoms with Crippen molar-refractivity contribution >= 4 is 43.4 Å². The van der Waals surface area contributed by atoms with Crippen LogP contribution in [0.2, 0.25) is 0 Å². The highest BCUT2D eigenvalue weighted by Gasteiger charge is 2.39. The molecule has 1 atom stereocenters. The quantitative estimate of drug-likeness (QED) is 0.727. The number of fused-ring (bicyclic) bond motifs is 1. The number of benzene rings is 1. The molecule has 1 aromatic carbocycles. The van der Waals surface area contributed by atoms with Crippen LogP contribution in [0.1, 0.15) is 34.2 Å². The zero-order valence-electron chi connectivity index (χ0n) is 16.2. The number of carbonyl (C=O) groups is 2. The summed E-state index contributed by atoms with van der Waals surface area (Å²) in [4.78, 5) is 24.8. The second kappa shape index (κ2) is 8.14. The highest BCUT2D eigenvalue weighted by Crippen LogP contribution is 2.38. The van der Waals surface area contributed by atoms with Crippen LogP contribution in [0.25, 0.3) is 10.1 Å². The molecule has 162 valence electrons. The molecule has 2 amide bonds. The van der Waals surface area contributed by atoms with Crippen LogP contribution in [0.3, 0.4) is 0 Å². The molecule has 0 radical (unpaired) electrons. The van der Waals surface area contributed by atoms with E-state index in [0.29, 0.717) is 10.4 Å². The van der Waals surface area contributed by atoms with E-state index in [4.69, 9.17) is 15.6 Å². The second-order valence-corrected chi connectivity index (χ2v) is 10.7. The van der Waals surface area contributed by atoms with Crippen molar-refractivity contribution in [2.75, 3.05) is 32.8 Å². The summed E-state index contributed by atoms with van der Waals surface area (Å²) in [6, 6.07) is 7.50. The molecule has 0 saturated carbocycles. The number of nitrogens with two attached hydrogens (primary N) is 1. The lowest BCUT2D eigenvalue weighted by molar-refractivity contribution is -0.00236. The van der Waals surface area contributed by atoms with Gasteiger partial charge in [0.15, 0.2) is 0 Å². The Bertz CT molecular complexity index is 1080. The van der Waals surface area contributed by atoms with Gasteiger partial charge in [-0.3, -0.25) is 4.79 Å². The lowest BCUT2D eigenvalue weighted by Gasteiger charge is -2.37. The van der Waals surface area contributed by atoms with Gasteiger partial charge >= 0.3 is 6.09 Å². The number of sulfonamides is 1. The third-order valence-electron chi connectivity index (χ3n) is 5.70. The number of amides is 2. The molecule has 11 heteroatoms. The van der Waals surface area contributed by atoms with E-state index in [9.17, 15) is 18.0 Å². The number of carbonyl (C=O) groups excluding carboxylic acids is 1. The first-order valence-corrected chi connectivity index (χ1v) is 12.0. The van der Waals surface area contributed by atoms with Gasteiger partial charge in [-0.1, -0.05) is 18.2 Å². The van der Waals surface area contributed by atoms with Gasteiger partial charge < -0.3 is 20.5 Å². The number of ether oxygens (including phenoxy) is 1. The average Bonchev–Trinajstić information content (AvgIpc) is 3.14. The fourth-order valence-corrected chi connectivity index (χ4v) is 7.16. The monoisotopic (exact) mass is 453 g/mol. The van der Waals surface area contributed by atoms with E-state index in [1.54, 1.807) is 0 Å². The molecule has 0 bridgehead atoms. The maximum absolute atomic E-state index is 13.2. The summed E-state index contributed by atoms with van der Waals surface area (Å²) in [5.41, 5.74) is 6.23. The fourth-order valence-electron chi connectivity index (χ4n) is 4.16. The molecule has 9 nitrogen and oxygen atoms in total. The number of morpholine rings is 1. The van der Waals surface area contributed by atoms with Crippen molar-refractivity contribution in [3.63, 3.8) is 0 Å². The Labute approximate surface area is 178 Å². The van der Waals surface area contributed by atoms with Gasteiger partial charge in [-0.25, -0.2) is 13.2 Å². The summed E-state index contributed by atoms with van der Waals surface area (Å²) in [6.45, 7) is 0.941. The Morgan fingerprint density at radius 1 is 1.17 bits per heavy atom. The van der Waals surface area contributed by atoms with Crippen molar-refractivity contribution in [1.82, 2.24) is 9.21 Å². The number of primary amides is 1. The molecule has 0 unspecified atom stereocenters. The maximum Gasteiger partial charge on any atom is 0.407 e. The number of thiophene rings is 1. The molecule has 4 rings (SSSR count). The van der Waals surface area contributed by atoms with Crippen LogP contribution >= 0.6 is 11.3 Å². The van der Waals surface area contributed by atoms with Crippen molar-refractivity contribution in [1.29, 1.82) is 0 Å². The Morgan fingerprint density at radius 3 is 2.53 bits per heavy atom. The topological polar surface area (TPSA) is 130 Å². The molecule has 2 fully saturated rings. The first kappa shape index (κ1) is 21.0. The largest absolute Gasteiger partial charge is 0.465 e. The smallest absolute Gasteiger partial charge is 0.407 e. The normalized spacial score (nSPS) is 21.7. The van der Waals surface area contributed by atoms with Crippen molar-refractivity contribution in [2.24, 2.45) is 5.73 Å². The van der Waals surface area contributed by atoms with Gasteiger partial charge in [-0.05, 0) is 24.3 Å². The molecule has 3 N–H and O–H groups in total. The minimum Gasteiger partial charge on any atom is -0.465 e. The molecule has 0 aliphatic carbocycles. The maximum atomic E-state index is 13.2. The van der Waals surface area contributed by atoms with E-state index in [1.165, 1.54) is 20.5 Å². The molecule has 2 aliphatic heterocycles. The van der Waals surface area contributed by atoms with Gasteiger partial charge in [-0.2, -0.15) is 4.31 Å². The molecular formula is C19H23N3O6S2. The molecule has 2 aliphatic rings. The standard InChI is InChI=1S/C19H23N3O6S2/c20-18(23)17-16(13-3-1-2-4-15(13)29-17)14-11-22(9-10-28-14)30(26,27)12-5-7-21(8-6-12)19(24)25/h1-4,12,14H,5-11H2,(H2,20,23)(H,24,25)/t14-/m1/s1. The number of likely N-dealkylation sites (tertiary alicyclic amines) is 1. The summed E-state index contributed by atoms with van der Waals surface area (Å²) in [6.07, 6.45) is -1.08. The summed E-state index contributed by atoms with van der Waals surface area (Å²) < 4.78 is 34.7. The van der Waals surface area contributed by atoms with Crippen LogP contribution in [-0.2, 0) is 14.8 Å². The highest BCUT2D eigenvalue weighted by molar-refractivity contribution is 7.89. The minimum absolute atomic E-state index is 0.0997. The van der Waals surface area contributed by atoms with E-state index >= 15 is 0 Å². The van der Waals surface area contributed by atoms with E-state index < -0.39 is 33.4 Å². The van der Waals surface area contributed by atoms with Crippen LogP contribution in [-0.4, -0.2) is 72.8 Å². The van der Waals surface area contributed by atoms with Gasteiger partial charge in [0.1, 0.15) is 0 Å². The number of hydrogen-bond donors (Lipinski definition) is 2. The van der Waals surface area contributed by atoms with E-state index in [-0.39, 0.29) is 45.6 Å². The number of hydrogen-bond acceptors (Lipinski definition) is 6. The van der Waals surface area contributed by atoms with E-state index in [1.807, 2.05) is 24.3 Å². The zero-order chi connectivity index (χ0) is 21.5. The third-order valence-corrected chi connectivity index (χ3v) is 9.27. The van der Waals surface area contributed by atoms with Crippen LogP contribution in [0.5, 0.6) is 0 Å². The van der Waals surface area contributed by atoms with Crippen LogP contribution < -0.4 is 5.73 Å². The zero-order valence-corrected chi connectivity index (χ0v) is 17.8. The summed E-state index contributed by atoms with van der Waals surface area (Å²) in [7, 11) is -3.62. The predicted octanol–water partition coefficient (Wildman–Crippen LogP) is 1.85. The molecule has 3 heterocycles. The summed E-state index contributed by atoms with van der Waals surface area (Å²) in [5, 5.41) is 9.31. The van der Waals surface area contributed by atoms with Crippen molar-refractivity contribution < 1.29 is 27.9 Å². The first-order chi connectivity index (χ1) is 14.3. The summed E-state index contributed by atoms with van der Waals surface area (Å²) in [5.74, 6) is -0.559. The summed E-state index contributed by atoms with van der Waals surface area (Å²) >= 11 is 1.28. The Kier molecular flexibility index (Phi) is 5.71. The van der Waals surface area contributed by atoms with Crippen LogP contribution in [0, 0.1) is 0 Å². The molecular weight excluding hydrogens is 430 g/mol. The van der Waals surface area contributed by atoms with Gasteiger partial charge in [0.05, 0.1) is 22.8 Å². The van der Waals surface area contributed by atoms with Gasteiger partial charge in [0.2, 0.25) is 10.0 Å². The Hall–Kier alpha value is -2.21. The average molecular weight is 454 g/mol. The van der Waals surface area contributed by atoms with Crippen LogP contribution in [0.4, 0.5) is 4.79 Å². The van der Waals surface area contributed by atoms with E-state index in [2.05, 4.69) is 0 Å². The molecule has 2 aromatic rings. The SMILES string of the molecule is NC(=O)c1sc2ccccc2c1[C@H]1CN(S(=O)(=O)C2CCN(C(=O)O)CC2)CCO1. The van der Waals surface area contributed by atoms with Crippen molar-refractivity contribution in [2.45, 2.75) is 24.2 Å². The van der Waals surface area contributed by atoms with Crippen molar-refractivity contribution in [3.8, 4) is 0 Å². The predicted molar refractivity (Wildman–Crippen MR) is 112 cm³/mol. The number of carboxylic acid groups (broad SMARTS) is 1. The molecule has 1 aromatic heterocycles. The first-order valence-electron chi connectivity index (χ1n) is 9.68. The molecule has 0 spiro atoms. The Balaban J connectivity index is 1.58. The van der Waals surface area contributed by atoms with Crippen LogP contribution in [0.15, 0.2) is 24.3 Å². The van der Waals surface area contributed by atoms with Gasteiger partial charge in [-0.15, -0.1) is 11.3 Å². The minimum atomic E-state index is -3.62. The van der Waals surface area contributed by atoms with Gasteiger partial charge in [0.25, 0.3) is 5.91 Å². The highest BCUT2D eigenvalue weighted by atomic mass is 32.2. The Morgan fingerprint density at radius 2 is 1.87 bits per heavy atom. The number of rotatable bonds is 4. The number of piperidine rings is 1. The van der Waals surface area contributed by atoms with Gasteiger partial charge in [0, 0.05) is 36.4 Å². The van der Waals surface area contributed by atoms with Crippen molar-refractivity contribution in [3.05, 3.63) is 34.7 Å². The lowest BCUT2D eigenvalue weighted by Crippen LogP contribution is -2.50. The third kappa shape index (κ3) is 3.78. The fraction of sp³-hybridized carbons (Fsp3) is 0.474. The second-order valence-electron chi connectivity index (χ2n) is 7.44.